The van der Waals surface area contributed by atoms with Crippen LogP contribution in [0.4, 0.5) is 5.69 Å². The summed E-state index contributed by atoms with van der Waals surface area (Å²) in [6.45, 7) is 3.65. The van der Waals surface area contributed by atoms with Crippen molar-refractivity contribution in [1.29, 1.82) is 0 Å². The Labute approximate surface area is 154 Å². The Morgan fingerprint density at radius 3 is 2.73 bits per heavy atom. The number of para-hydroxylation sites is 1. The van der Waals surface area contributed by atoms with Gasteiger partial charge in [0, 0.05) is 37.3 Å². The molecule has 132 valence electrons. The highest BCUT2D eigenvalue weighted by molar-refractivity contribution is 5.64. The number of benzene rings is 2. The molecule has 26 heavy (non-hydrogen) atoms. The largest absolute Gasteiger partial charge is 0.496 e. The molecule has 0 saturated carbocycles. The van der Waals surface area contributed by atoms with Crippen molar-refractivity contribution in [3.63, 3.8) is 0 Å². The summed E-state index contributed by atoms with van der Waals surface area (Å²) in [4.78, 5) is 7.09. The number of methoxy groups -OCH3 is 1. The number of hydrogen-bond acceptors (Lipinski definition) is 4. The van der Waals surface area contributed by atoms with E-state index in [4.69, 9.17) is 4.74 Å². The van der Waals surface area contributed by atoms with E-state index in [2.05, 4.69) is 57.7 Å². The third kappa shape index (κ3) is 3.55. The molecule has 0 amide bonds. The molecule has 0 saturated heterocycles. The average Bonchev–Trinajstić information content (AvgIpc) is 2.90. The second-order valence-electron chi connectivity index (χ2n) is 6.54. The lowest BCUT2D eigenvalue weighted by Gasteiger charge is -2.21. The van der Waals surface area contributed by atoms with Gasteiger partial charge in [0.25, 0.3) is 0 Å². The summed E-state index contributed by atoms with van der Waals surface area (Å²) < 4.78 is 5.51. The molecular formula is C22H23N3O. The normalized spacial score (nSPS) is 14.2. The van der Waals surface area contributed by atoms with Crippen molar-refractivity contribution in [2.24, 2.45) is 0 Å². The lowest BCUT2D eigenvalue weighted by Crippen LogP contribution is -2.25. The molecule has 0 bridgehead atoms. The van der Waals surface area contributed by atoms with E-state index in [0.717, 1.165) is 48.9 Å². The van der Waals surface area contributed by atoms with Gasteiger partial charge in [-0.15, -0.1) is 0 Å². The number of ether oxygens (including phenoxy) is 1. The number of nitrogens with zero attached hydrogens (tertiary/aromatic N) is 2. The van der Waals surface area contributed by atoms with E-state index in [9.17, 15) is 0 Å². The van der Waals surface area contributed by atoms with Gasteiger partial charge >= 0.3 is 0 Å². The smallest absolute Gasteiger partial charge is 0.123 e. The molecule has 1 aromatic heterocycles. The van der Waals surface area contributed by atoms with E-state index in [1.807, 2.05) is 24.4 Å². The third-order valence-electron chi connectivity index (χ3n) is 4.78. The van der Waals surface area contributed by atoms with Gasteiger partial charge in [0.2, 0.25) is 0 Å². The first-order valence-corrected chi connectivity index (χ1v) is 8.96. The second-order valence-corrected chi connectivity index (χ2v) is 6.54. The maximum absolute atomic E-state index is 5.51. The zero-order chi connectivity index (χ0) is 17.8. The summed E-state index contributed by atoms with van der Waals surface area (Å²) in [5, 5.41) is 3.51. The van der Waals surface area contributed by atoms with Crippen LogP contribution in [0.2, 0.25) is 0 Å². The molecule has 4 nitrogen and oxygen atoms in total. The number of rotatable bonds is 4. The Balaban J connectivity index is 1.59. The molecule has 3 aromatic rings. The highest BCUT2D eigenvalue weighted by atomic mass is 16.5. The fraction of sp³-hybridized carbons (Fsp3) is 0.227. The number of anilines is 1. The summed E-state index contributed by atoms with van der Waals surface area (Å²) >= 11 is 0. The molecule has 1 aliphatic rings. The van der Waals surface area contributed by atoms with Crippen LogP contribution in [0.25, 0.3) is 11.3 Å². The van der Waals surface area contributed by atoms with Crippen LogP contribution in [0, 0.1) is 0 Å². The molecule has 4 heteroatoms. The number of aromatic nitrogens is 1. The molecule has 0 spiro atoms. The Kier molecular flexibility index (Phi) is 4.84. The molecule has 0 radical (unpaired) electrons. The maximum atomic E-state index is 5.51. The standard InChI is InChI=1S/C22H23N3O/c1-26-22-10-6-5-9-18(22)15-25-12-11-23-21-14-24-20(13-19(21)16-25)17-7-3-2-4-8-17/h2-10,13-14,23H,11-12,15-16H2,1H3. The van der Waals surface area contributed by atoms with Gasteiger partial charge in [0.15, 0.2) is 0 Å². The number of fused-ring (bicyclic) bond motifs is 1. The molecule has 0 fully saturated rings. The predicted molar refractivity (Wildman–Crippen MR) is 105 cm³/mol. The first-order chi connectivity index (χ1) is 12.8. The van der Waals surface area contributed by atoms with Gasteiger partial charge in [-0.25, -0.2) is 0 Å². The Morgan fingerprint density at radius 1 is 1.08 bits per heavy atom. The second kappa shape index (κ2) is 7.58. The number of hydrogen-bond donors (Lipinski definition) is 1. The van der Waals surface area contributed by atoms with E-state index in [0.29, 0.717) is 0 Å². The number of pyridine rings is 1. The van der Waals surface area contributed by atoms with E-state index in [-0.39, 0.29) is 0 Å². The van der Waals surface area contributed by atoms with Gasteiger partial charge in [-0.3, -0.25) is 9.88 Å². The van der Waals surface area contributed by atoms with Gasteiger partial charge in [0.05, 0.1) is 24.7 Å². The lowest BCUT2D eigenvalue weighted by atomic mass is 10.1. The van der Waals surface area contributed by atoms with E-state index < -0.39 is 0 Å². The third-order valence-corrected chi connectivity index (χ3v) is 4.78. The van der Waals surface area contributed by atoms with Crippen molar-refractivity contribution >= 4 is 5.69 Å². The van der Waals surface area contributed by atoms with Crippen molar-refractivity contribution in [3.8, 4) is 17.0 Å². The van der Waals surface area contributed by atoms with E-state index in [1.54, 1.807) is 7.11 Å². The molecule has 2 heterocycles. The zero-order valence-corrected chi connectivity index (χ0v) is 15.0. The monoisotopic (exact) mass is 345 g/mol. The topological polar surface area (TPSA) is 37.4 Å². The molecule has 4 rings (SSSR count). The Hall–Kier alpha value is -2.85. The molecule has 2 aromatic carbocycles. The SMILES string of the molecule is COc1ccccc1CN1CCNc2cnc(-c3ccccc3)cc2C1. The molecule has 1 N–H and O–H groups in total. The lowest BCUT2D eigenvalue weighted by molar-refractivity contribution is 0.266. The highest BCUT2D eigenvalue weighted by Crippen LogP contribution is 2.27. The van der Waals surface area contributed by atoms with Crippen LogP contribution in [0.15, 0.2) is 66.9 Å². The predicted octanol–water partition coefficient (Wildman–Crippen LogP) is 4.18. The summed E-state index contributed by atoms with van der Waals surface area (Å²) in [6.07, 6.45) is 1.96. The minimum atomic E-state index is 0.869. The molecule has 1 aliphatic heterocycles. The van der Waals surface area contributed by atoms with E-state index in [1.165, 1.54) is 11.1 Å². The van der Waals surface area contributed by atoms with Gasteiger partial charge < -0.3 is 10.1 Å². The first-order valence-electron chi connectivity index (χ1n) is 8.96. The van der Waals surface area contributed by atoms with Gasteiger partial charge in [0.1, 0.15) is 5.75 Å². The van der Waals surface area contributed by atoms with Crippen LogP contribution < -0.4 is 10.1 Å². The van der Waals surface area contributed by atoms with E-state index >= 15 is 0 Å². The van der Waals surface area contributed by atoms with Crippen molar-refractivity contribution in [3.05, 3.63) is 78.0 Å². The van der Waals surface area contributed by atoms with Crippen molar-refractivity contribution < 1.29 is 4.74 Å². The van der Waals surface area contributed by atoms with Gasteiger partial charge in [-0.1, -0.05) is 48.5 Å². The summed E-state index contributed by atoms with van der Waals surface area (Å²) in [6, 6.07) is 20.8. The quantitative estimate of drug-likeness (QED) is 0.769. The first kappa shape index (κ1) is 16.6. The van der Waals surface area contributed by atoms with Crippen LogP contribution in [0.1, 0.15) is 11.1 Å². The fourth-order valence-electron chi connectivity index (χ4n) is 3.43. The van der Waals surface area contributed by atoms with Crippen LogP contribution >= 0.6 is 0 Å². The van der Waals surface area contributed by atoms with Gasteiger partial charge in [-0.05, 0) is 17.7 Å². The molecular weight excluding hydrogens is 322 g/mol. The van der Waals surface area contributed by atoms with Crippen molar-refractivity contribution in [2.75, 3.05) is 25.5 Å². The van der Waals surface area contributed by atoms with Crippen LogP contribution in [-0.4, -0.2) is 30.1 Å². The summed E-state index contributed by atoms with van der Waals surface area (Å²) in [5.74, 6) is 0.949. The highest BCUT2D eigenvalue weighted by Gasteiger charge is 2.17. The minimum Gasteiger partial charge on any atom is -0.496 e. The average molecular weight is 345 g/mol. The molecule has 0 atom stereocenters. The van der Waals surface area contributed by atoms with Crippen molar-refractivity contribution in [2.45, 2.75) is 13.1 Å². The summed E-state index contributed by atoms with van der Waals surface area (Å²) in [7, 11) is 1.73. The maximum Gasteiger partial charge on any atom is 0.123 e. The van der Waals surface area contributed by atoms with Gasteiger partial charge in [-0.2, -0.15) is 0 Å². The summed E-state index contributed by atoms with van der Waals surface area (Å²) in [5.41, 5.74) is 5.80. The van der Waals surface area contributed by atoms with Crippen LogP contribution in [0.5, 0.6) is 5.75 Å². The Bertz CT molecular complexity index is 880. The number of nitrogens with one attached hydrogen (secondary N) is 1. The van der Waals surface area contributed by atoms with Crippen molar-refractivity contribution in [1.82, 2.24) is 9.88 Å². The fourth-order valence-corrected chi connectivity index (χ4v) is 3.43. The molecule has 0 aliphatic carbocycles. The Morgan fingerprint density at radius 2 is 1.88 bits per heavy atom. The van der Waals surface area contributed by atoms with Crippen LogP contribution in [0.3, 0.4) is 0 Å². The minimum absolute atomic E-state index is 0.869. The molecule has 0 unspecified atom stereocenters. The zero-order valence-electron chi connectivity index (χ0n) is 15.0. The van der Waals surface area contributed by atoms with Crippen LogP contribution in [-0.2, 0) is 13.1 Å².